The van der Waals surface area contributed by atoms with Gasteiger partial charge in [-0.25, -0.2) is 4.39 Å². The smallest absolute Gasteiger partial charge is 0.271 e. The van der Waals surface area contributed by atoms with E-state index < -0.39 is 0 Å². The van der Waals surface area contributed by atoms with Crippen molar-refractivity contribution in [1.82, 2.24) is 15.5 Å². The minimum Gasteiger partial charge on any atom is -0.385 e. The highest BCUT2D eigenvalue weighted by atomic mass is 19.1. The first kappa shape index (κ1) is 17.8. The third-order valence-electron chi connectivity index (χ3n) is 3.37. The van der Waals surface area contributed by atoms with E-state index >= 15 is 0 Å². The summed E-state index contributed by atoms with van der Waals surface area (Å²) >= 11 is 0. The lowest BCUT2D eigenvalue weighted by Gasteiger charge is -2.07. The van der Waals surface area contributed by atoms with E-state index in [4.69, 9.17) is 4.74 Å². The van der Waals surface area contributed by atoms with Crippen molar-refractivity contribution in [2.24, 2.45) is 0 Å². The van der Waals surface area contributed by atoms with E-state index in [-0.39, 0.29) is 17.4 Å². The minimum atomic E-state index is -0.267. The number of nitrogens with one attached hydrogen (secondary N) is 2. The van der Waals surface area contributed by atoms with Gasteiger partial charge in [0.15, 0.2) is 5.69 Å². The fourth-order valence-corrected chi connectivity index (χ4v) is 2.08. The number of halogens is 1. The van der Waals surface area contributed by atoms with Gasteiger partial charge in [-0.15, -0.1) is 10.2 Å². The molecule has 2 aromatic rings. The Kier molecular flexibility index (Phi) is 7.10. The third kappa shape index (κ3) is 5.58. The van der Waals surface area contributed by atoms with Crippen LogP contribution in [0, 0.1) is 5.82 Å². The van der Waals surface area contributed by atoms with Gasteiger partial charge in [0.2, 0.25) is 0 Å². The van der Waals surface area contributed by atoms with Crippen molar-refractivity contribution in [2.75, 3.05) is 32.1 Å². The molecule has 0 aliphatic rings. The Balaban J connectivity index is 1.77. The summed E-state index contributed by atoms with van der Waals surface area (Å²) in [7, 11) is 1.62. The number of anilines is 1. The number of hydrogen-bond donors (Lipinski definition) is 2. The molecule has 0 aliphatic carbocycles. The molecular formula is C17H21FN4O2. The molecule has 24 heavy (non-hydrogen) atoms. The Labute approximate surface area is 140 Å². The van der Waals surface area contributed by atoms with Crippen molar-refractivity contribution in [2.45, 2.75) is 12.8 Å². The highest BCUT2D eigenvalue weighted by molar-refractivity contribution is 5.92. The first-order valence-electron chi connectivity index (χ1n) is 7.79. The predicted molar refractivity (Wildman–Crippen MR) is 89.5 cm³/mol. The van der Waals surface area contributed by atoms with E-state index in [9.17, 15) is 9.18 Å². The van der Waals surface area contributed by atoms with Gasteiger partial charge in [-0.1, -0.05) is 18.2 Å². The lowest BCUT2D eigenvalue weighted by atomic mass is 10.1. The highest BCUT2D eigenvalue weighted by Gasteiger charge is 2.07. The van der Waals surface area contributed by atoms with Crippen LogP contribution >= 0.6 is 0 Å². The van der Waals surface area contributed by atoms with Gasteiger partial charge in [0.1, 0.15) is 11.6 Å². The Morgan fingerprint density at radius 3 is 2.71 bits per heavy atom. The SMILES string of the molecule is COCCCNC(=O)c1ccc(NCCc2ccccc2F)nn1. The standard InChI is InChI=1S/C17H21FN4O2/c1-24-12-4-10-20-17(23)15-7-8-16(22-21-15)19-11-9-13-5-2-3-6-14(13)18/h2-3,5-8H,4,9-12H2,1H3,(H,19,22)(H,20,23). The second-order valence-electron chi connectivity index (χ2n) is 5.17. The van der Waals surface area contributed by atoms with Crippen LogP contribution in [0.15, 0.2) is 36.4 Å². The van der Waals surface area contributed by atoms with Crippen LogP contribution in [0.5, 0.6) is 0 Å². The van der Waals surface area contributed by atoms with Crippen LogP contribution < -0.4 is 10.6 Å². The maximum atomic E-state index is 13.5. The van der Waals surface area contributed by atoms with Gasteiger partial charge < -0.3 is 15.4 Å². The number of nitrogens with zero attached hydrogens (tertiary/aromatic N) is 2. The number of amides is 1. The molecule has 2 N–H and O–H groups in total. The van der Waals surface area contributed by atoms with Crippen LogP contribution in [0.3, 0.4) is 0 Å². The Morgan fingerprint density at radius 1 is 1.17 bits per heavy atom. The van der Waals surface area contributed by atoms with Gasteiger partial charge in [0, 0.05) is 26.8 Å². The van der Waals surface area contributed by atoms with Crippen molar-refractivity contribution >= 4 is 11.7 Å². The molecule has 1 aromatic carbocycles. The number of hydrogen-bond acceptors (Lipinski definition) is 5. The molecule has 0 unspecified atom stereocenters. The number of ether oxygens (including phenoxy) is 1. The summed E-state index contributed by atoms with van der Waals surface area (Å²) in [6.45, 7) is 1.64. The topological polar surface area (TPSA) is 76.1 Å². The molecular weight excluding hydrogens is 311 g/mol. The van der Waals surface area contributed by atoms with Crippen molar-refractivity contribution in [3.63, 3.8) is 0 Å². The number of methoxy groups -OCH3 is 1. The summed E-state index contributed by atoms with van der Waals surface area (Å²) in [5.41, 5.74) is 0.900. The zero-order chi connectivity index (χ0) is 17.2. The normalized spacial score (nSPS) is 10.4. The highest BCUT2D eigenvalue weighted by Crippen LogP contribution is 2.08. The van der Waals surface area contributed by atoms with Crippen LogP contribution in [0.4, 0.5) is 10.2 Å². The predicted octanol–water partition coefficient (Wildman–Crippen LogP) is 2.04. The van der Waals surface area contributed by atoms with Gasteiger partial charge in [-0.05, 0) is 36.6 Å². The summed E-state index contributed by atoms with van der Waals surface area (Å²) in [6.07, 6.45) is 1.28. The van der Waals surface area contributed by atoms with Crippen molar-refractivity contribution < 1.29 is 13.9 Å². The van der Waals surface area contributed by atoms with E-state index in [1.165, 1.54) is 6.07 Å². The van der Waals surface area contributed by atoms with E-state index in [0.29, 0.717) is 37.5 Å². The largest absolute Gasteiger partial charge is 0.385 e. The molecule has 0 aliphatic heterocycles. The monoisotopic (exact) mass is 332 g/mol. The first-order chi connectivity index (χ1) is 11.7. The van der Waals surface area contributed by atoms with E-state index in [1.807, 2.05) is 0 Å². The molecule has 0 radical (unpaired) electrons. The molecule has 1 amide bonds. The second-order valence-corrected chi connectivity index (χ2v) is 5.17. The molecule has 0 atom stereocenters. The van der Waals surface area contributed by atoms with Crippen molar-refractivity contribution in [3.8, 4) is 0 Å². The Morgan fingerprint density at radius 2 is 2.00 bits per heavy atom. The van der Waals surface area contributed by atoms with Crippen LogP contribution in [0.25, 0.3) is 0 Å². The average molecular weight is 332 g/mol. The average Bonchev–Trinajstić information content (AvgIpc) is 2.61. The maximum Gasteiger partial charge on any atom is 0.271 e. The van der Waals surface area contributed by atoms with E-state index in [1.54, 1.807) is 37.4 Å². The summed E-state index contributed by atoms with van der Waals surface area (Å²) < 4.78 is 18.4. The zero-order valence-electron chi connectivity index (χ0n) is 13.6. The summed E-state index contributed by atoms with van der Waals surface area (Å²) in [5, 5.41) is 13.6. The lowest BCUT2D eigenvalue weighted by molar-refractivity contribution is 0.0942. The fraction of sp³-hybridized carbons (Fsp3) is 0.353. The molecule has 1 heterocycles. The van der Waals surface area contributed by atoms with Gasteiger partial charge in [-0.2, -0.15) is 0 Å². The fourth-order valence-electron chi connectivity index (χ4n) is 2.08. The van der Waals surface area contributed by atoms with E-state index in [0.717, 1.165) is 6.42 Å². The van der Waals surface area contributed by atoms with Crippen molar-refractivity contribution in [3.05, 3.63) is 53.5 Å². The Hall–Kier alpha value is -2.54. The molecule has 2 rings (SSSR count). The third-order valence-corrected chi connectivity index (χ3v) is 3.37. The van der Waals surface area contributed by atoms with Crippen LogP contribution in [0.2, 0.25) is 0 Å². The van der Waals surface area contributed by atoms with Crippen molar-refractivity contribution in [1.29, 1.82) is 0 Å². The van der Waals surface area contributed by atoms with Gasteiger partial charge in [0.25, 0.3) is 5.91 Å². The first-order valence-corrected chi connectivity index (χ1v) is 7.79. The molecule has 1 aromatic heterocycles. The van der Waals surface area contributed by atoms with Gasteiger partial charge in [-0.3, -0.25) is 4.79 Å². The zero-order valence-corrected chi connectivity index (χ0v) is 13.6. The number of benzene rings is 1. The molecule has 7 heteroatoms. The summed E-state index contributed by atoms with van der Waals surface area (Å²) in [6, 6.07) is 9.94. The summed E-state index contributed by atoms with van der Waals surface area (Å²) in [5.74, 6) is 0.0599. The number of carbonyl (C=O) groups excluding carboxylic acids is 1. The quantitative estimate of drug-likeness (QED) is 0.687. The molecule has 6 nitrogen and oxygen atoms in total. The summed E-state index contributed by atoms with van der Waals surface area (Å²) in [4.78, 5) is 11.8. The molecule has 0 saturated carbocycles. The van der Waals surface area contributed by atoms with Crippen LogP contribution in [-0.4, -0.2) is 42.9 Å². The van der Waals surface area contributed by atoms with Gasteiger partial charge >= 0.3 is 0 Å². The number of aromatic nitrogens is 2. The molecule has 128 valence electrons. The number of carbonyl (C=O) groups is 1. The van der Waals surface area contributed by atoms with E-state index in [2.05, 4.69) is 20.8 Å². The molecule has 0 bridgehead atoms. The van der Waals surface area contributed by atoms with Crippen LogP contribution in [-0.2, 0) is 11.2 Å². The van der Waals surface area contributed by atoms with Gasteiger partial charge in [0.05, 0.1) is 0 Å². The number of rotatable bonds is 9. The maximum absolute atomic E-state index is 13.5. The van der Waals surface area contributed by atoms with Crippen LogP contribution in [0.1, 0.15) is 22.5 Å². The molecule has 0 saturated heterocycles. The second kappa shape index (κ2) is 9.57. The Bertz CT molecular complexity index is 649. The molecule has 0 spiro atoms. The lowest BCUT2D eigenvalue weighted by Crippen LogP contribution is -2.26. The molecule has 0 fully saturated rings. The minimum absolute atomic E-state index is 0.217.